The predicted molar refractivity (Wildman–Crippen MR) is 111 cm³/mol. The molecule has 0 spiro atoms. The molecule has 156 valence electrons. The Bertz CT molecular complexity index is 860. The Kier molecular flexibility index (Phi) is 7.91. The lowest BCUT2D eigenvalue weighted by atomic mass is 10.1. The average molecular weight is 423 g/mol. The molecule has 0 aliphatic heterocycles. The van der Waals surface area contributed by atoms with E-state index in [1.807, 2.05) is 0 Å². The number of nitro benzene ring substituents is 1. The zero-order valence-electron chi connectivity index (χ0n) is 16.1. The number of aliphatic hydroxyl groups is 2. The number of para-hydroxylation sites is 1. The molecule has 1 amide bonds. The number of likely N-dealkylation sites (N-methyl/N-ethyl adjacent to an activating group) is 2. The Morgan fingerprint density at radius 3 is 2.41 bits per heavy atom. The number of anilines is 2. The summed E-state index contributed by atoms with van der Waals surface area (Å²) in [6.45, 7) is 0.873. The lowest BCUT2D eigenvalue weighted by molar-refractivity contribution is -0.384. The molecular weight excluding hydrogens is 400 g/mol. The molecule has 0 unspecified atom stereocenters. The van der Waals surface area contributed by atoms with E-state index in [-0.39, 0.29) is 23.5 Å². The van der Waals surface area contributed by atoms with E-state index in [4.69, 9.17) is 21.8 Å². The minimum Gasteiger partial charge on any atom is -0.368 e. The minimum absolute atomic E-state index is 0.0550. The number of nitrogens with one attached hydrogen (secondary N) is 1. The van der Waals surface area contributed by atoms with Crippen LogP contribution < -0.4 is 10.2 Å². The molecule has 0 aromatic heterocycles. The van der Waals surface area contributed by atoms with Crippen molar-refractivity contribution >= 4 is 34.6 Å². The van der Waals surface area contributed by atoms with Crippen molar-refractivity contribution in [2.45, 2.75) is 6.29 Å². The summed E-state index contributed by atoms with van der Waals surface area (Å²) in [4.78, 5) is 27.1. The summed E-state index contributed by atoms with van der Waals surface area (Å²) < 4.78 is 0. The summed E-state index contributed by atoms with van der Waals surface area (Å²) in [6.07, 6.45) is -1.46. The largest absolute Gasteiger partial charge is 0.368 e. The number of nitrogens with zero attached hydrogens (tertiary/aromatic N) is 3. The third kappa shape index (κ3) is 6.40. The lowest BCUT2D eigenvalue weighted by Gasteiger charge is -2.24. The van der Waals surface area contributed by atoms with Gasteiger partial charge in [0, 0.05) is 37.4 Å². The van der Waals surface area contributed by atoms with Gasteiger partial charge in [0.15, 0.2) is 6.29 Å². The second-order valence-corrected chi connectivity index (χ2v) is 6.99. The van der Waals surface area contributed by atoms with E-state index in [0.29, 0.717) is 23.8 Å². The molecule has 0 radical (unpaired) electrons. The first-order valence-corrected chi connectivity index (χ1v) is 9.17. The molecule has 0 aliphatic rings. The molecule has 2 aromatic carbocycles. The highest BCUT2D eigenvalue weighted by atomic mass is 35.5. The Hall–Kier alpha value is -2.72. The van der Waals surface area contributed by atoms with Crippen LogP contribution in [0.4, 0.5) is 17.1 Å². The normalized spacial score (nSPS) is 11.0. The molecule has 0 heterocycles. The summed E-state index contributed by atoms with van der Waals surface area (Å²) in [7, 11) is 3.38. The molecular formula is C19H23ClN4O5. The van der Waals surface area contributed by atoms with E-state index in [1.165, 1.54) is 6.07 Å². The van der Waals surface area contributed by atoms with Gasteiger partial charge in [-0.25, -0.2) is 0 Å². The molecule has 0 saturated carbocycles. The Labute approximate surface area is 173 Å². The Morgan fingerprint density at radius 1 is 1.17 bits per heavy atom. The van der Waals surface area contributed by atoms with E-state index in [2.05, 4.69) is 5.32 Å². The molecule has 0 fully saturated rings. The number of carbonyl (C=O) groups is 1. The number of amides is 1. The quantitative estimate of drug-likeness (QED) is 0.322. The predicted octanol–water partition coefficient (Wildman–Crippen LogP) is 2.18. The molecule has 0 bridgehead atoms. The van der Waals surface area contributed by atoms with Crippen molar-refractivity contribution in [3.8, 4) is 0 Å². The second kappa shape index (κ2) is 10.2. The molecule has 3 N–H and O–H groups in total. The first-order chi connectivity index (χ1) is 13.7. The van der Waals surface area contributed by atoms with Crippen LogP contribution in [0.2, 0.25) is 5.02 Å². The monoisotopic (exact) mass is 422 g/mol. The van der Waals surface area contributed by atoms with Gasteiger partial charge in [-0.1, -0.05) is 17.7 Å². The van der Waals surface area contributed by atoms with Crippen molar-refractivity contribution in [2.24, 2.45) is 0 Å². The smallest absolute Gasteiger partial charge is 0.305 e. The SMILES string of the molecule is CN(CCN(C)c1cccc(C(=O)Nc2ccc(Cl)cc2)c1[N+](=O)[O-])CC(O)O. The van der Waals surface area contributed by atoms with Crippen LogP contribution in [0.1, 0.15) is 10.4 Å². The van der Waals surface area contributed by atoms with Crippen molar-refractivity contribution in [1.29, 1.82) is 0 Å². The zero-order valence-corrected chi connectivity index (χ0v) is 16.8. The summed E-state index contributed by atoms with van der Waals surface area (Å²) in [5.41, 5.74) is 0.396. The van der Waals surface area contributed by atoms with E-state index in [9.17, 15) is 14.9 Å². The number of hydrogen-bond donors (Lipinski definition) is 3. The van der Waals surface area contributed by atoms with Crippen molar-refractivity contribution < 1.29 is 19.9 Å². The highest BCUT2D eigenvalue weighted by Crippen LogP contribution is 2.31. The maximum Gasteiger partial charge on any atom is 0.305 e. The van der Waals surface area contributed by atoms with Gasteiger partial charge in [0.2, 0.25) is 0 Å². The van der Waals surface area contributed by atoms with E-state index in [1.54, 1.807) is 60.3 Å². The molecule has 9 nitrogen and oxygen atoms in total. The number of aliphatic hydroxyl groups excluding tert-OH is 1. The summed E-state index contributed by atoms with van der Waals surface area (Å²) in [5, 5.41) is 32.9. The van der Waals surface area contributed by atoms with E-state index >= 15 is 0 Å². The first-order valence-electron chi connectivity index (χ1n) is 8.79. The molecule has 10 heteroatoms. The van der Waals surface area contributed by atoms with Gasteiger partial charge in [0.05, 0.1) is 4.92 Å². The number of carbonyl (C=O) groups excluding carboxylic acids is 1. The fraction of sp³-hybridized carbons (Fsp3) is 0.316. The van der Waals surface area contributed by atoms with Gasteiger partial charge in [-0.15, -0.1) is 0 Å². The van der Waals surface area contributed by atoms with Crippen molar-refractivity contribution in [3.05, 3.63) is 63.2 Å². The van der Waals surface area contributed by atoms with Crippen LogP contribution in [-0.2, 0) is 0 Å². The van der Waals surface area contributed by atoms with Crippen LogP contribution in [0.3, 0.4) is 0 Å². The van der Waals surface area contributed by atoms with E-state index < -0.39 is 17.1 Å². The van der Waals surface area contributed by atoms with Crippen LogP contribution in [-0.4, -0.2) is 66.0 Å². The van der Waals surface area contributed by atoms with Gasteiger partial charge in [-0.3, -0.25) is 19.8 Å². The van der Waals surface area contributed by atoms with E-state index in [0.717, 1.165) is 0 Å². The van der Waals surface area contributed by atoms with Crippen molar-refractivity contribution in [2.75, 3.05) is 43.9 Å². The Balaban J connectivity index is 2.22. The molecule has 0 aliphatic carbocycles. The number of nitro groups is 1. The lowest BCUT2D eigenvalue weighted by Crippen LogP contribution is -2.35. The summed E-state index contributed by atoms with van der Waals surface area (Å²) >= 11 is 5.83. The van der Waals surface area contributed by atoms with Gasteiger partial charge in [0.25, 0.3) is 5.91 Å². The number of benzene rings is 2. The summed E-state index contributed by atoms with van der Waals surface area (Å²) in [5.74, 6) is -0.602. The average Bonchev–Trinajstić information content (AvgIpc) is 2.66. The maximum absolute atomic E-state index is 12.7. The maximum atomic E-state index is 12.7. The van der Waals surface area contributed by atoms with Crippen LogP contribution in [0.25, 0.3) is 0 Å². The third-order valence-electron chi connectivity index (χ3n) is 4.25. The molecule has 2 aromatic rings. The molecule has 29 heavy (non-hydrogen) atoms. The van der Waals surface area contributed by atoms with Crippen LogP contribution in [0, 0.1) is 10.1 Å². The van der Waals surface area contributed by atoms with Crippen LogP contribution >= 0.6 is 11.6 Å². The van der Waals surface area contributed by atoms with Gasteiger partial charge >= 0.3 is 5.69 Å². The zero-order chi connectivity index (χ0) is 21.6. The van der Waals surface area contributed by atoms with Gasteiger partial charge < -0.3 is 20.4 Å². The van der Waals surface area contributed by atoms with Crippen molar-refractivity contribution in [3.63, 3.8) is 0 Å². The highest BCUT2D eigenvalue weighted by Gasteiger charge is 2.26. The van der Waals surface area contributed by atoms with Crippen molar-refractivity contribution in [1.82, 2.24) is 4.90 Å². The minimum atomic E-state index is -1.46. The third-order valence-corrected chi connectivity index (χ3v) is 4.50. The molecule has 2 rings (SSSR count). The number of hydrogen-bond acceptors (Lipinski definition) is 7. The van der Waals surface area contributed by atoms with Gasteiger partial charge in [-0.2, -0.15) is 0 Å². The molecule has 0 saturated heterocycles. The summed E-state index contributed by atoms with van der Waals surface area (Å²) in [6, 6.07) is 11.0. The number of rotatable bonds is 9. The second-order valence-electron chi connectivity index (χ2n) is 6.56. The van der Waals surface area contributed by atoms with Crippen LogP contribution in [0.5, 0.6) is 0 Å². The topological polar surface area (TPSA) is 119 Å². The molecule has 0 atom stereocenters. The Morgan fingerprint density at radius 2 is 1.83 bits per heavy atom. The van der Waals surface area contributed by atoms with Gasteiger partial charge in [-0.05, 0) is 43.4 Å². The fourth-order valence-electron chi connectivity index (χ4n) is 2.76. The highest BCUT2D eigenvalue weighted by molar-refractivity contribution is 6.30. The fourth-order valence-corrected chi connectivity index (χ4v) is 2.88. The van der Waals surface area contributed by atoms with Crippen LogP contribution in [0.15, 0.2) is 42.5 Å². The number of halogens is 1. The van der Waals surface area contributed by atoms with Gasteiger partial charge in [0.1, 0.15) is 11.3 Å². The standard InChI is InChI=1S/C19H23ClN4O5/c1-22(12-17(25)26)10-11-23(2)16-5-3-4-15(18(16)24(28)29)19(27)21-14-8-6-13(20)7-9-14/h3-9,17,25-26H,10-12H2,1-2H3,(H,21,27). The first kappa shape index (κ1) is 22.6.